The van der Waals surface area contributed by atoms with Gasteiger partial charge in [-0.05, 0) is 42.8 Å². The Labute approximate surface area is 159 Å². The van der Waals surface area contributed by atoms with Crippen molar-refractivity contribution >= 4 is 46.0 Å². The predicted octanol–water partition coefficient (Wildman–Crippen LogP) is 5.41. The summed E-state index contributed by atoms with van der Waals surface area (Å²) in [5, 5.41) is 3.62. The molecule has 1 aliphatic heterocycles. The standard InChI is InChI=1S/C20H17FN2OS2/c1-12-9-17(16-6-5-14(21)11-18(16)22-12)19(24)23-15-4-2-3-13(10-15)20-25-7-8-26-20/h2-6,9-11,20H,7-8H2,1H3,(H,23,24). The molecular formula is C20H17FN2OS2. The first-order valence-electron chi connectivity index (χ1n) is 8.31. The van der Waals surface area contributed by atoms with E-state index in [2.05, 4.69) is 16.4 Å². The number of halogens is 1. The lowest BCUT2D eigenvalue weighted by atomic mass is 10.1. The summed E-state index contributed by atoms with van der Waals surface area (Å²) >= 11 is 3.86. The van der Waals surface area contributed by atoms with Gasteiger partial charge in [-0.1, -0.05) is 12.1 Å². The maximum absolute atomic E-state index is 13.5. The number of hydrogen-bond donors (Lipinski definition) is 1. The SMILES string of the molecule is Cc1cc(C(=O)Nc2cccc(C3SCCS3)c2)c2ccc(F)cc2n1. The van der Waals surface area contributed by atoms with Crippen LogP contribution in [0.25, 0.3) is 10.9 Å². The summed E-state index contributed by atoms with van der Waals surface area (Å²) in [7, 11) is 0. The molecule has 1 aromatic heterocycles. The lowest BCUT2D eigenvalue weighted by molar-refractivity contribution is 0.102. The van der Waals surface area contributed by atoms with Crippen molar-refractivity contribution in [3.05, 3.63) is 71.2 Å². The van der Waals surface area contributed by atoms with Gasteiger partial charge in [0.1, 0.15) is 5.82 Å². The van der Waals surface area contributed by atoms with Crippen molar-refractivity contribution < 1.29 is 9.18 Å². The van der Waals surface area contributed by atoms with Crippen LogP contribution >= 0.6 is 23.5 Å². The number of aryl methyl sites for hydroxylation is 1. The summed E-state index contributed by atoms with van der Waals surface area (Å²) in [6.07, 6.45) is 0. The van der Waals surface area contributed by atoms with Crippen molar-refractivity contribution in [1.82, 2.24) is 4.98 Å². The number of anilines is 1. The molecule has 3 aromatic rings. The zero-order valence-corrected chi connectivity index (χ0v) is 15.8. The Bertz CT molecular complexity index is 981. The number of thioether (sulfide) groups is 2. The fraction of sp³-hybridized carbons (Fsp3) is 0.200. The van der Waals surface area contributed by atoms with Gasteiger partial charge in [0.25, 0.3) is 5.91 Å². The number of rotatable bonds is 3. The average Bonchev–Trinajstić information content (AvgIpc) is 3.15. The van der Waals surface area contributed by atoms with Crippen molar-refractivity contribution in [3.8, 4) is 0 Å². The Balaban J connectivity index is 1.64. The van der Waals surface area contributed by atoms with E-state index in [0.29, 0.717) is 26.7 Å². The molecule has 0 atom stereocenters. The van der Waals surface area contributed by atoms with E-state index in [0.717, 1.165) is 17.2 Å². The zero-order chi connectivity index (χ0) is 18.1. The topological polar surface area (TPSA) is 42.0 Å². The molecule has 0 bridgehead atoms. The van der Waals surface area contributed by atoms with Crippen molar-refractivity contribution in [2.75, 3.05) is 16.8 Å². The smallest absolute Gasteiger partial charge is 0.256 e. The number of amides is 1. The van der Waals surface area contributed by atoms with Gasteiger partial charge < -0.3 is 5.32 Å². The number of pyridine rings is 1. The van der Waals surface area contributed by atoms with Gasteiger partial charge in [-0.15, -0.1) is 23.5 Å². The van der Waals surface area contributed by atoms with Crippen LogP contribution in [-0.2, 0) is 0 Å². The maximum atomic E-state index is 13.5. The van der Waals surface area contributed by atoms with Crippen LogP contribution in [0.15, 0.2) is 48.5 Å². The molecule has 1 saturated heterocycles. The number of benzene rings is 2. The fourth-order valence-corrected chi connectivity index (χ4v) is 5.87. The number of nitrogens with one attached hydrogen (secondary N) is 1. The molecule has 132 valence electrons. The molecule has 1 fully saturated rings. The first-order chi connectivity index (χ1) is 12.6. The lowest BCUT2D eigenvalue weighted by Gasteiger charge is -2.12. The van der Waals surface area contributed by atoms with E-state index in [1.54, 1.807) is 19.1 Å². The Kier molecular flexibility index (Phi) is 4.87. The zero-order valence-electron chi connectivity index (χ0n) is 14.2. The molecular weight excluding hydrogens is 367 g/mol. The molecule has 1 amide bonds. The van der Waals surface area contributed by atoms with Crippen LogP contribution in [0.3, 0.4) is 0 Å². The molecule has 3 nitrogen and oxygen atoms in total. The van der Waals surface area contributed by atoms with Gasteiger partial charge in [0, 0.05) is 34.3 Å². The number of carbonyl (C=O) groups excluding carboxylic acids is 1. The van der Waals surface area contributed by atoms with E-state index in [1.807, 2.05) is 41.7 Å². The molecule has 0 unspecified atom stereocenters. The highest BCUT2D eigenvalue weighted by atomic mass is 32.2. The second kappa shape index (κ2) is 7.29. The Hall–Kier alpha value is -2.05. The largest absolute Gasteiger partial charge is 0.322 e. The van der Waals surface area contributed by atoms with Gasteiger partial charge in [-0.3, -0.25) is 9.78 Å². The molecule has 0 radical (unpaired) electrons. The van der Waals surface area contributed by atoms with Crippen LogP contribution in [-0.4, -0.2) is 22.4 Å². The monoisotopic (exact) mass is 384 g/mol. The first-order valence-corrected chi connectivity index (χ1v) is 10.4. The van der Waals surface area contributed by atoms with Gasteiger partial charge in [-0.2, -0.15) is 0 Å². The highest BCUT2D eigenvalue weighted by molar-refractivity contribution is 8.19. The third-order valence-corrected chi connectivity index (χ3v) is 7.29. The number of aromatic nitrogens is 1. The van der Waals surface area contributed by atoms with E-state index < -0.39 is 0 Å². The van der Waals surface area contributed by atoms with Gasteiger partial charge in [-0.25, -0.2) is 4.39 Å². The fourth-order valence-electron chi connectivity index (χ4n) is 3.03. The molecule has 26 heavy (non-hydrogen) atoms. The normalized spacial score (nSPS) is 14.7. The van der Waals surface area contributed by atoms with Crippen LogP contribution in [0.2, 0.25) is 0 Å². The van der Waals surface area contributed by atoms with Crippen LogP contribution in [0, 0.1) is 12.7 Å². The van der Waals surface area contributed by atoms with Crippen molar-refractivity contribution in [2.45, 2.75) is 11.5 Å². The van der Waals surface area contributed by atoms with E-state index in [-0.39, 0.29) is 11.7 Å². The summed E-state index contributed by atoms with van der Waals surface area (Å²) in [4.78, 5) is 17.2. The lowest BCUT2D eigenvalue weighted by Crippen LogP contribution is -2.13. The minimum atomic E-state index is -0.360. The summed E-state index contributed by atoms with van der Waals surface area (Å²) in [6.45, 7) is 1.80. The van der Waals surface area contributed by atoms with Crippen LogP contribution in [0.4, 0.5) is 10.1 Å². The molecule has 2 aromatic carbocycles. The quantitative estimate of drug-likeness (QED) is 0.655. The third kappa shape index (κ3) is 3.57. The van der Waals surface area contributed by atoms with Crippen LogP contribution < -0.4 is 5.32 Å². The van der Waals surface area contributed by atoms with Crippen molar-refractivity contribution in [1.29, 1.82) is 0 Å². The van der Waals surface area contributed by atoms with E-state index in [1.165, 1.54) is 17.7 Å². The number of nitrogens with zero attached hydrogens (tertiary/aromatic N) is 1. The van der Waals surface area contributed by atoms with E-state index >= 15 is 0 Å². The number of hydrogen-bond acceptors (Lipinski definition) is 4. The van der Waals surface area contributed by atoms with Crippen molar-refractivity contribution in [3.63, 3.8) is 0 Å². The van der Waals surface area contributed by atoms with Gasteiger partial charge in [0.15, 0.2) is 0 Å². The second-order valence-electron chi connectivity index (χ2n) is 6.13. The number of fused-ring (bicyclic) bond motifs is 1. The van der Waals surface area contributed by atoms with Gasteiger partial charge in [0.2, 0.25) is 0 Å². The summed E-state index contributed by atoms with van der Waals surface area (Å²) in [5.41, 5.74) is 3.66. The molecule has 6 heteroatoms. The molecule has 0 saturated carbocycles. The second-order valence-corrected chi connectivity index (χ2v) is 8.85. The number of carbonyl (C=O) groups is 1. The average molecular weight is 385 g/mol. The molecule has 0 spiro atoms. The Morgan fingerprint density at radius 2 is 1.96 bits per heavy atom. The molecule has 2 heterocycles. The Morgan fingerprint density at radius 1 is 1.15 bits per heavy atom. The predicted molar refractivity (Wildman–Crippen MR) is 108 cm³/mol. The third-order valence-electron chi connectivity index (χ3n) is 4.18. The molecule has 1 aliphatic rings. The Morgan fingerprint density at radius 3 is 2.77 bits per heavy atom. The van der Waals surface area contributed by atoms with Gasteiger partial charge >= 0.3 is 0 Å². The minimum absolute atomic E-state index is 0.212. The highest BCUT2D eigenvalue weighted by Gasteiger charge is 2.19. The van der Waals surface area contributed by atoms with Gasteiger partial charge in [0.05, 0.1) is 15.7 Å². The molecule has 4 rings (SSSR count). The van der Waals surface area contributed by atoms with E-state index in [4.69, 9.17) is 0 Å². The van der Waals surface area contributed by atoms with Crippen LogP contribution in [0.1, 0.15) is 26.2 Å². The highest BCUT2D eigenvalue weighted by Crippen LogP contribution is 2.45. The summed E-state index contributed by atoms with van der Waals surface area (Å²) in [6, 6.07) is 14.0. The molecule has 1 N–H and O–H groups in total. The minimum Gasteiger partial charge on any atom is -0.322 e. The van der Waals surface area contributed by atoms with Crippen LogP contribution in [0.5, 0.6) is 0 Å². The van der Waals surface area contributed by atoms with Crippen molar-refractivity contribution in [2.24, 2.45) is 0 Å². The summed E-state index contributed by atoms with van der Waals surface area (Å²) < 4.78 is 13.9. The first kappa shape index (κ1) is 17.4. The maximum Gasteiger partial charge on any atom is 0.256 e. The summed E-state index contributed by atoms with van der Waals surface area (Å²) in [5.74, 6) is 1.74. The molecule has 0 aliphatic carbocycles. The van der Waals surface area contributed by atoms with E-state index in [9.17, 15) is 9.18 Å².